The number of aromatic amines is 1. The summed E-state index contributed by atoms with van der Waals surface area (Å²) in [5.74, 6) is 3.71. The second-order valence-corrected chi connectivity index (χ2v) is 6.97. The van der Waals surface area contributed by atoms with E-state index in [1.54, 1.807) is 6.07 Å². The molecule has 0 bridgehead atoms. The standard InChI is InChI=1S/C20H21N3O4S/c1-4-9-28-20-22-18-17(19(25)23-20)13(11-16(24)21-18)12-7-8-14(26-5-2)15(10-12)27-6-3/h1,7-8,10,13H,5-6,9,11H2,2-3H3,(H2,21,22,23,24,25). The Hall–Kier alpha value is -2.92. The first kappa shape index (κ1) is 19.8. The summed E-state index contributed by atoms with van der Waals surface area (Å²) in [6, 6.07) is 5.47. The zero-order valence-corrected chi connectivity index (χ0v) is 16.5. The molecule has 2 heterocycles. The molecule has 7 nitrogen and oxygen atoms in total. The molecule has 0 spiro atoms. The van der Waals surface area contributed by atoms with Crippen molar-refractivity contribution in [1.82, 2.24) is 9.97 Å². The maximum atomic E-state index is 12.8. The van der Waals surface area contributed by atoms with E-state index >= 15 is 0 Å². The van der Waals surface area contributed by atoms with Gasteiger partial charge in [-0.05, 0) is 31.5 Å². The van der Waals surface area contributed by atoms with E-state index in [4.69, 9.17) is 15.9 Å². The molecule has 0 aliphatic carbocycles. The van der Waals surface area contributed by atoms with Crippen molar-refractivity contribution < 1.29 is 14.3 Å². The van der Waals surface area contributed by atoms with Crippen LogP contribution in [0.2, 0.25) is 0 Å². The topological polar surface area (TPSA) is 93.3 Å². The first-order chi connectivity index (χ1) is 13.6. The fraction of sp³-hybridized carbons (Fsp3) is 0.350. The van der Waals surface area contributed by atoms with E-state index in [1.165, 1.54) is 11.8 Å². The van der Waals surface area contributed by atoms with Crippen molar-refractivity contribution in [2.75, 3.05) is 24.3 Å². The Bertz CT molecular complexity index is 980. The molecule has 0 saturated heterocycles. The van der Waals surface area contributed by atoms with Gasteiger partial charge in [0.2, 0.25) is 5.91 Å². The number of carbonyl (C=O) groups is 1. The lowest BCUT2D eigenvalue weighted by molar-refractivity contribution is -0.116. The number of nitrogens with zero attached hydrogens (tertiary/aromatic N) is 1. The van der Waals surface area contributed by atoms with Crippen LogP contribution in [0.1, 0.15) is 37.3 Å². The normalized spacial score (nSPS) is 15.3. The third-order valence-corrected chi connectivity index (χ3v) is 4.97. The highest BCUT2D eigenvalue weighted by atomic mass is 32.2. The molecule has 0 saturated carbocycles. The van der Waals surface area contributed by atoms with E-state index in [0.29, 0.717) is 41.2 Å². The molecule has 1 amide bonds. The molecule has 1 aliphatic heterocycles. The number of fused-ring (bicyclic) bond motifs is 1. The minimum absolute atomic E-state index is 0.147. The predicted molar refractivity (Wildman–Crippen MR) is 108 cm³/mol. The summed E-state index contributed by atoms with van der Waals surface area (Å²) in [4.78, 5) is 32.1. The second-order valence-electron chi connectivity index (χ2n) is 6.00. The summed E-state index contributed by atoms with van der Waals surface area (Å²) < 4.78 is 11.3. The summed E-state index contributed by atoms with van der Waals surface area (Å²) in [5.41, 5.74) is 0.928. The maximum Gasteiger partial charge on any atom is 0.257 e. The number of benzene rings is 1. The van der Waals surface area contributed by atoms with Crippen LogP contribution < -0.4 is 20.3 Å². The molecular weight excluding hydrogens is 378 g/mol. The van der Waals surface area contributed by atoms with Gasteiger partial charge in [-0.25, -0.2) is 4.98 Å². The Morgan fingerprint density at radius 2 is 2.00 bits per heavy atom. The number of anilines is 1. The minimum Gasteiger partial charge on any atom is -0.490 e. The highest BCUT2D eigenvalue weighted by molar-refractivity contribution is 7.99. The number of rotatable bonds is 7. The third kappa shape index (κ3) is 4.15. The predicted octanol–water partition coefficient (Wildman–Crippen LogP) is 2.77. The molecule has 1 aromatic heterocycles. The lowest BCUT2D eigenvalue weighted by atomic mass is 9.86. The lowest BCUT2D eigenvalue weighted by Gasteiger charge is -2.25. The Balaban J connectivity index is 2.05. The van der Waals surface area contributed by atoms with Gasteiger partial charge in [0.25, 0.3) is 5.56 Å². The van der Waals surface area contributed by atoms with E-state index in [9.17, 15) is 9.59 Å². The fourth-order valence-electron chi connectivity index (χ4n) is 3.10. The van der Waals surface area contributed by atoms with Gasteiger partial charge in [0.15, 0.2) is 16.7 Å². The summed E-state index contributed by atoms with van der Waals surface area (Å²) in [6.45, 7) is 4.76. The molecule has 1 aromatic carbocycles. The number of ether oxygens (including phenoxy) is 2. The van der Waals surface area contributed by atoms with Gasteiger partial charge < -0.3 is 19.8 Å². The van der Waals surface area contributed by atoms with Gasteiger partial charge in [-0.15, -0.1) is 6.42 Å². The summed E-state index contributed by atoms with van der Waals surface area (Å²) in [6.07, 6.45) is 5.41. The molecule has 1 unspecified atom stereocenters. The van der Waals surface area contributed by atoms with Crippen LogP contribution in [0.4, 0.5) is 5.82 Å². The van der Waals surface area contributed by atoms with Crippen molar-refractivity contribution in [3.05, 3.63) is 39.7 Å². The summed E-state index contributed by atoms with van der Waals surface area (Å²) in [7, 11) is 0. The molecule has 8 heteroatoms. The van der Waals surface area contributed by atoms with E-state index in [2.05, 4.69) is 21.2 Å². The van der Waals surface area contributed by atoms with E-state index < -0.39 is 5.92 Å². The first-order valence-electron chi connectivity index (χ1n) is 8.97. The molecule has 146 valence electrons. The molecule has 28 heavy (non-hydrogen) atoms. The van der Waals surface area contributed by atoms with Crippen molar-refractivity contribution in [2.24, 2.45) is 0 Å². The Morgan fingerprint density at radius 3 is 2.71 bits per heavy atom. The Labute approximate surface area is 167 Å². The smallest absolute Gasteiger partial charge is 0.257 e. The average Bonchev–Trinajstić information content (AvgIpc) is 2.67. The second kappa shape index (κ2) is 8.85. The van der Waals surface area contributed by atoms with Gasteiger partial charge in [0.05, 0.1) is 24.5 Å². The zero-order chi connectivity index (χ0) is 20.1. The van der Waals surface area contributed by atoms with Crippen LogP contribution in [0.15, 0.2) is 28.2 Å². The average molecular weight is 399 g/mol. The lowest BCUT2D eigenvalue weighted by Crippen LogP contribution is -2.31. The van der Waals surface area contributed by atoms with Crippen LogP contribution in [-0.4, -0.2) is 34.8 Å². The zero-order valence-electron chi connectivity index (χ0n) is 15.7. The van der Waals surface area contributed by atoms with Gasteiger partial charge in [0, 0.05) is 12.3 Å². The van der Waals surface area contributed by atoms with Gasteiger partial charge in [-0.2, -0.15) is 0 Å². The van der Waals surface area contributed by atoms with Crippen LogP contribution >= 0.6 is 11.8 Å². The number of nitrogens with one attached hydrogen (secondary N) is 2. The number of aromatic nitrogens is 2. The van der Waals surface area contributed by atoms with Gasteiger partial charge in [-0.3, -0.25) is 9.59 Å². The Kier molecular flexibility index (Phi) is 6.26. The molecule has 1 atom stereocenters. The summed E-state index contributed by atoms with van der Waals surface area (Å²) in [5, 5.41) is 3.08. The first-order valence-corrected chi connectivity index (χ1v) is 9.95. The molecule has 2 aromatic rings. The van der Waals surface area contributed by atoms with Crippen LogP contribution in [0.25, 0.3) is 0 Å². The number of terminal acetylenes is 1. The van der Waals surface area contributed by atoms with Crippen LogP contribution in [0, 0.1) is 12.3 Å². The van der Waals surface area contributed by atoms with Crippen molar-refractivity contribution in [2.45, 2.75) is 31.3 Å². The van der Waals surface area contributed by atoms with Gasteiger partial charge in [-0.1, -0.05) is 23.7 Å². The van der Waals surface area contributed by atoms with Crippen molar-refractivity contribution >= 4 is 23.5 Å². The molecule has 2 N–H and O–H groups in total. The number of amides is 1. The van der Waals surface area contributed by atoms with Crippen LogP contribution in [0.3, 0.4) is 0 Å². The summed E-state index contributed by atoms with van der Waals surface area (Å²) >= 11 is 1.23. The fourth-order valence-corrected chi connectivity index (χ4v) is 3.64. The molecule has 0 radical (unpaired) electrons. The molecule has 3 rings (SSSR count). The van der Waals surface area contributed by atoms with Crippen molar-refractivity contribution in [3.8, 4) is 23.8 Å². The maximum absolute atomic E-state index is 12.8. The van der Waals surface area contributed by atoms with E-state index in [0.717, 1.165) is 5.56 Å². The minimum atomic E-state index is -0.429. The largest absolute Gasteiger partial charge is 0.490 e. The van der Waals surface area contributed by atoms with E-state index in [-0.39, 0.29) is 23.7 Å². The van der Waals surface area contributed by atoms with E-state index in [1.807, 2.05) is 26.0 Å². The Morgan fingerprint density at radius 1 is 1.25 bits per heavy atom. The monoisotopic (exact) mass is 399 g/mol. The number of hydrogen-bond donors (Lipinski definition) is 2. The van der Waals surface area contributed by atoms with Gasteiger partial charge in [0.1, 0.15) is 5.82 Å². The number of carbonyl (C=O) groups excluding carboxylic acids is 1. The third-order valence-electron chi connectivity index (χ3n) is 4.19. The quantitative estimate of drug-likeness (QED) is 0.422. The van der Waals surface area contributed by atoms with Crippen LogP contribution in [-0.2, 0) is 4.79 Å². The molecule has 0 fully saturated rings. The van der Waals surface area contributed by atoms with Crippen LogP contribution in [0.5, 0.6) is 11.5 Å². The number of thioether (sulfide) groups is 1. The highest BCUT2D eigenvalue weighted by Crippen LogP contribution is 2.38. The molecular formula is C20H21N3O4S. The van der Waals surface area contributed by atoms with Crippen molar-refractivity contribution in [1.29, 1.82) is 0 Å². The molecule has 1 aliphatic rings. The SMILES string of the molecule is C#CCSc1nc2c(c(=O)[nH]1)C(c1ccc(OCC)c(OCC)c1)CC(=O)N2. The van der Waals surface area contributed by atoms with Gasteiger partial charge >= 0.3 is 0 Å². The highest BCUT2D eigenvalue weighted by Gasteiger charge is 2.31. The van der Waals surface area contributed by atoms with Crippen molar-refractivity contribution in [3.63, 3.8) is 0 Å². The number of H-pyrrole nitrogens is 1. The number of hydrogen-bond acceptors (Lipinski definition) is 6.